The molecule has 6 heteroatoms. The van der Waals surface area contributed by atoms with Gasteiger partial charge in [0.15, 0.2) is 0 Å². The van der Waals surface area contributed by atoms with Crippen molar-refractivity contribution in [2.75, 3.05) is 5.32 Å². The lowest BCUT2D eigenvalue weighted by atomic mass is 10.1. The first-order valence-corrected chi connectivity index (χ1v) is 7.56. The highest BCUT2D eigenvalue weighted by Gasteiger charge is 2.29. The number of para-hydroxylation sites is 1. The number of hydrogen-bond donors (Lipinski definition) is 1. The van der Waals surface area contributed by atoms with Gasteiger partial charge >= 0.3 is 6.09 Å². The number of nitrogens with one attached hydrogen (secondary N) is 1. The van der Waals surface area contributed by atoms with Gasteiger partial charge in [0, 0.05) is 5.39 Å². The van der Waals surface area contributed by atoms with Gasteiger partial charge in [-0.3, -0.25) is 0 Å². The molecular formula is C18H20N4O2. The molecule has 0 spiro atoms. The SMILES string of the molecule is CC(C)(C#N)Nc1c(C#N)c2ccccc2n1C(=O)OC(C)(C)C. The maximum atomic E-state index is 12.7. The van der Waals surface area contributed by atoms with E-state index in [0.29, 0.717) is 16.5 Å². The minimum absolute atomic E-state index is 0.263. The molecule has 1 heterocycles. The summed E-state index contributed by atoms with van der Waals surface area (Å²) >= 11 is 0. The fraction of sp³-hybridized carbons (Fsp3) is 0.389. The van der Waals surface area contributed by atoms with Crippen LogP contribution in [0.2, 0.25) is 0 Å². The molecule has 24 heavy (non-hydrogen) atoms. The molecule has 0 bridgehead atoms. The van der Waals surface area contributed by atoms with Crippen LogP contribution in [0.5, 0.6) is 0 Å². The van der Waals surface area contributed by atoms with Gasteiger partial charge < -0.3 is 10.1 Å². The van der Waals surface area contributed by atoms with Gasteiger partial charge in [0.25, 0.3) is 0 Å². The number of carbonyl (C=O) groups is 1. The maximum Gasteiger partial charge on any atom is 0.420 e. The average Bonchev–Trinajstić information content (AvgIpc) is 2.77. The standard InChI is InChI=1S/C18H20N4O2/c1-17(2,3)24-16(23)22-14-9-7-6-8-12(14)13(10-19)15(22)21-18(4,5)11-20/h6-9,21H,1-5H3. The molecule has 0 atom stereocenters. The highest BCUT2D eigenvalue weighted by molar-refractivity contribution is 6.00. The van der Waals surface area contributed by atoms with Crippen LogP contribution in [0.4, 0.5) is 10.6 Å². The van der Waals surface area contributed by atoms with Gasteiger partial charge in [0.05, 0.1) is 11.6 Å². The fourth-order valence-electron chi connectivity index (χ4n) is 2.29. The van der Waals surface area contributed by atoms with E-state index in [0.717, 1.165) is 0 Å². The van der Waals surface area contributed by atoms with Crippen LogP contribution in [0.3, 0.4) is 0 Å². The van der Waals surface area contributed by atoms with Gasteiger partial charge in [-0.2, -0.15) is 10.5 Å². The molecule has 6 nitrogen and oxygen atoms in total. The van der Waals surface area contributed by atoms with Crippen LogP contribution in [0, 0.1) is 22.7 Å². The largest absolute Gasteiger partial charge is 0.443 e. The van der Waals surface area contributed by atoms with Gasteiger partial charge in [-0.1, -0.05) is 18.2 Å². The minimum atomic E-state index is -0.959. The molecule has 0 amide bonds. The summed E-state index contributed by atoms with van der Waals surface area (Å²) in [5.41, 5.74) is -0.781. The van der Waals surface area contributed by atoms with E-state index in [1.807, 2.05) is 0 Å². The Morgan fingerprint density at radius 2 is 1.79 bits per heavy atom. The van der Waals surface area contributed by atoms with E-state index in [2.05, 4.69) is 17.5 Å². The number of ether oxygens (including phenoxy) is 1. The number of rotatable bonds is 2. The van der Waals surface area contributed by atoms with Crippen molar-refractivity contribution in [3.63, 3.8) is 0 Å². The molecule has 0 aliphatic rings. The lowest BCUT2D eigenvalue weighted by Crippen LogP contribution is -2.33. The molecule has 0 fully saturated rings. The number of carbonyl (C=O) groups excluding carboxylic acids is 1. The van der Waals surface area contributed by atoms with E-state index < -0.39 is 17.2 Å². The number of hydrogen-bond acceptors (Lipinski definition) is 5. The molecular weight excluding hydrogens is 304 g/mol. The normalized spacial score (nSPS) is 11.6. The van der Waals surface area contributed by atoms with Crippen molar-refractivity contribution in [1.82, 2.24) is 4.57 Å². The monoisotopic (exact) mass is 324 g/mol. The third kappa shape index (κ3) is 3.33. The molecule has 0 saturated carbocycles. The van der Waals surface area contributed by atoms with Gasteiger partial charge in [-0.15, -0.1) is 0 Å². The minimum Gasteiger partial charge on any atom is -0.443 e. The van der Waals surface area contributed by atoms with E-state index in [9.17, 15) is 15.3 Å². The predicted octanol–water partition coefficient (Wildman–Crippen LogP) is 4.01. The number of aromatic nitrogens is 1. The molecule has 1 aromatic carbocycles. The molecule has 1 N–H and O–H groups in total. The van der Waals surface area contributed by atoms with Crippen molar-refractivity contribution in [2.24, 2.45) is 0 Å². The van der Waals surface area contributed by atoms with E-state index >= 15 is 0 Å². The molecule has 0 unspecified atom stereocenters. The van der Waals surface area contributed by atoms with Crippen LogP contribution < -0.4 is 5.32 Å². The zero-order valence-electron chi connectivity index (χ0n) is 14.5. The second kappa shape index (κ2) is 5.90. The van der Waals surface area contributed by atoms with Crippen LogP contribution in [0.15, 0.2) is 24.3 Å². The summed E-state index contributed by atoms with van der Waals surface area (Å²) in [6, 6.07) is 11.3. The first-order valence-electron chi connectivity index (χ1n) is 7.56. The topological polar surface area (TPSA) is 90.8 Å². The summed E-state index contributed by atoms with van der Waals surface area (Å²) in [5.74, 6) is 0.263. The molecule has 124 valence electrons. The van der Waals surface area contributed by atoms with E-state index in [1.165, 1.54) is 4.57 Å². The highest BCUT2D eigenvalue weighted by atomic mass is 16.6. The quantitative estimate of drug-likeness (QED) is 0.901. The summed E-state index contributed by atoms with van der Waals surface area (Å²) in [7, 11) is 0. The van der Waals surface area contributed by atoms with E-state index in [1.54, 1.807) is 58.9 Å². The third-order valence-electron chi connectivity index (χ3n) is 3.27. The molecule has 2 rings (SSSR count). The third-order valence-corrected chi connectivity index (χ3v) is 3.27. The van der Waals surface area contributed by atoms with Gasteiger partial charge in [0.2, 0.25) is 0 Å². The number of nitriles is 2. The van der Waals surface area contributed by atoms with Crippen molar-refractivity contribution in [1.29, 1.82) is 10.5 Å². The Morgan fingerprint density at radius 3 is 2.33 bits per heavy atom. The molecule has 0 aliphatic heterocycles. The summed E-state index contributed by atoms with van der Waals surface area (Å²) in [6.07, 6.45) is -0.601. The number of nitrogens with zero attached hydrogens (tertiary/aromatic N) is 3. The Morgan fingerprint density at radius 1 is 1.17 bits per heavy atom. The fourth-order valence-corrected chi connectivity index (χ4v) is 2.29. The predicted molar refractivity (Wildman–Crippen MR) is 91.6 cm³/mol. The van der Waals surface area contributed by atoms with Crippen molar-refractivity contribution < 1.29 is 9.53 Å². The van der Waals surface area contributed by atoms with E-state index in [4.69, 9.17) is 4.74 Å². The molecule has 0 saturated heterocycles. The van der Waals surface area contributed by atoms with Gasteiger partial charge in [-0.05, 0) is 40.7 Å². The van der Waals surface area contributed by atoms with Gasteiger partial charge in [-0.25, -0.2) is 9.36 Å². The molecule has 2 aromatic rings. The highest BCUT2D eigenvalue weighted by Crippen LogP contribution is 2.32. The van der Waals surface area contributed by atoms with Gasteiger partial charge in [0.1, 0.15) is 28.6 Å². The number of benzene rings is 1. The lowest BCUT2D eigenvalue weighted by molar-refractivity contribution is 0.0547. The number of fused-ring (bicyclic) bond motifs is 1. The van der Waals surface area contributed by atoms with Crippen LogP contribution in [-0.4, -0.2) is 21.8 Å². The first kappa shape index (κ1) is 17.4. The Labute approximate surface area is 141 Å². The van der Waals surface area contributed by atoms with Crippen LogP contribution >= 0.6 is 0 Å². The van der Waals surface area contributed by atoms with Crippen LogP contribution in [0.25, 0.3) is 10.9 Å². The van der Waals surface area contributed by atoms with Crippen molar-refractivity contribution in [2.45, 2.75) is 45.8 Å². The maximum absolute atomic E-state index is 12.7. The summed E-state index contributed by atoms with van der Waals surface area (Å²) in [5, 5.41) is 22.5. The summed E-state index contributed by atoms with van der Waals surface area (Å²) in [6.45, 7) is 8.66. The molecule has 0 radical (unpaired) electrons. The van der Waals surface area contributed by atoms with Crippen LogP contribution in [0.1, 0.15) is 40.2 Å². The molecule has 1 aromatic heterocycles. The molecule has 0 aliphatic carbocycles. The Bertz CT molecular complexity index is 873. The second-order valence-electron chi connectivity index (χ2n) is 7.03. The first-order chi connectivity index (χ1) is 11.1. The van der Waals surface area contributed by atoms with Crippen LogP contribution in [-0.2, 0) is 4.74 Å². The van der Waals surface area contributed by atoms with Crippen molar-refractivity contribution in [3.05, 3.63) is 29.8 Å². The smallest absolute Gasteiger partial charge is 0.420 e. The van der Waals surface area contributed by atoms with Crippen molar-refractivity contribution in [3.8, 4) is 12.1 Å². The van der Waals surface area contributed by atoms with Crippen molar-refractivity contribution >= 4 is 22.8 Å². The Hall–Kier alpha value is -2.99. The zero-order valence-corrected chi connectivity index (χ0v) is 14.5. The number of anilines is 1. The lowest BCUT2D eigenvalue weighted by Gasteiger charge is -2.23. The average molecular weight is 324 g/mol. The Kier molecular flexibility index (Phi) is 4.27. The second-order valence-corrected chi connectivity index (χ2v) is 7.03. The van der Waals surface area contributed by atoms with E-state index in [-0.39, 0.29) is 5.82 Å². The summed E-state index contributed by atoms with van der Waals surface area (Å²) in [4.78, 5) is 12.7. The summed E-state index contributed by atoms with van der Waals surface area (Å²) < 4.78 is 6.79. The Balaban J connectivity index is 2.74. The zero-order chi connectivity index (χ0) is 18.1.